The smallest absolute Gasteiger partial charge is 0.0919 e. The molecule has 0 radical (unpaired) electrons. The van der Waals surface area contributed by atoms with Crippen LogP contribution in [0.1, 0.15) is 13.3 Å². The van der Waals surface area contributed by atoms with E-state index in [4.69, 9.17) is 5.73 Å². The number of hydrogen-bond donors (Lipinski definition) is 2. The van der Waals surface area contributed by atoms with Crippen molar-refractivity contribution in [3.8, 4) is 0 Å². The molecule has 52 valence electrons. The third-order valence-electron chi connectivity index (χ3n) is 0.695. The molecule has 0 unspecified atom stereocenters. The van der Waals surface area contributed by atoms with Gasteiger partial charge in [0, 0.05) is 12.4 Å². The molecule has 1 aromatic heterocycles. The second-order valence-corrected chi connectivity index (χ2v) is 1.55. The van der Waals surface area contributed by atoms with Crippen LogP contribution in [0.2, 0.25) is 0 Å². The third-order valence-corrected chi connectivity index (χ3v) is 0.695. The maximum Gasteiger partial charge on any atom is 0.0919 e. The molecular formula is C6H13N3. The predicted molar refractivity (Wildman–Crippen MR) is 37.9 cm³/mol. The molecule has 0 amide bonds. The van der Waals surface area contributed by atoms with E-state index in [1.807, 2.05) is 0 Å². The lowest BCUT2D eigenvalue weighted by Crippen LogP contribution is -1.93. The van der Waals surface area contributed by atoms with Crippen LogP contribution in [0.3, 0.4) is 0 Å². The SMILES string of the molecule is CCCN.c1c[nH]cn1. The lowest BCUT2D eigenvalue weighted by Gasteiger charge is -1.70. The van der Waals surface area contributed by atoms with Crippen LogP contribution in [0.15, 0.2) is 18.7 Å². The molecule has 1 heterocycles. The van der Waals surface area contributed by atoms with Crippen LogP contribution in [0.5, 0.6) is 0 Å². The standard InChI is InChI=1S/C3H4N2.C3H9N/c1-2-5-3-4-1;1-2-3-4/h1-3H,(H,4,5);2-4H2,1H3. The number of aromatic nitrogens is 2. The molecule has 0 aliphatic heterocycles. The summed E-state index contributed by atoms with van der Waals surface area (Å²) in [6, 6.07) is 0. The quantitative estimate of drug-likeness (QED) is 0.585. The van der Waals surface area contributed by atoms with E-state index in [0.29, 0.717) is 0 Å². The Morgan fingerprint density at radius 1 is 1.67 bits per heavy atom. The van der Waals surface area contributed by atoms with Crippen molar-refractivity contribution in [2.24, 2.45) is 5.73 Å². The van der Waals surface area contributed by atoms with Crippen molar-refractivity contribution >= 4 is 0 Å². The van der Waals surface area contributed by atoms with Crippen LogP contribution >= 0.6 is 0 Å². The van der Waals surface area contributed by atoms with Gasteiger partial charge in [-0.2, -0.15) is 0 Å². The summed E-state index contributed by atoms with van der Waals surface area (Å²) in [5.41, 5.74) is 5.03. The topological polar surface area (TPSA) is 54.7 Å². The van der Waals surface area contributed by atoms with Gasteiger partial charge < -0.3 is 10.7 Å². The molecule has 0 aliphatic rings. The van der Waals surface area contributed by atoms with Crippen molar-refractivity contribution < 1.29 is 0 Å². The van der Waals surface area contributed by atoms with E-state index < -0.39 is 0 Å². The second-order valence-electron chi connectivity index (χ2n) is 1.55. The number of hydrogen-bond acceptors (Lipinski definition) is 2. The first-order chi connectivity index (χ1) is 4.41. The largest absolute Gasteiger partial charge is 0.351 e. The summed E-state index contributed by atoms with van der Waals surface area (Å²) >= 11 is 0. The van der Waals surface area contributed by atoms with Crippen molar-refractivity contribution in [1.29, 1.82) is 0 Å². The fraction of sp³-hybridized carbons (Fsp3) is 0.500. The van der Waals surface area contributed by atoms with Crippen LogP contribution in [0, 0.1) is 0 Å². The Morgan fingerprint density at radius 2 is 2.33 bits per heavy atom. The van der Waals surface area contributed by atoms with E-state index in [1.54, 1.807) is 18.7 Å². The number of nitrogens with zero attached hydrogens (tertiary/aromatic N) is 1. The molecule has 0 spiro atoms. The Morgan fingerprint density at radius 3 is 2.44 bits per heavy atom. The number of rotatable bonds is 1. The second kappa shape index (κ2) is 7.17. The molecule has 9 heavy (non-hydrogen) atoms. The molecule has 0 aromatic carbocycles. The van der Waals surface area contributed by atoms with Crippen molar-refractivity contribution in [2.75, 3.05) is 6.54 Å². The highest BCUT2D eigenvalue weighted by Gasteiger charge is 1.56. The van der Waals surface area contributed by atoms with E-state index in [-0.39, 0.29) is 0 Å². The number of aromatic amines is 1. The van der Waals surface area contributed by atoms with Crippen LogP contribution in [0.25, 0.3) is 0 Å². The minimum atomic E-state index is 0.819. The predicted octanol–water partition coefficient (Wildman–Crippen LogP) is 0.765. The number of imidazole rings is 1. The maximum absolute atomic E-state index is 5.03. The molecule has 0 bridgehead atoms. The minimum absolute atomic E-state index is 0.819. The molecule has 0 atom stereocenters. The number of nitrogens with two attached hydrogens (primary N) is 1. The Labute approximate surface area is 55.3 Å². The Bertz CT molecular complexity index is 83.8. The number of H-pyrrole nitrogens is 1. The van der Waals surface area contributed by atoms with Gasteiger partial charge in [-0.15, -0.1) is 0 Å². The van der Waals surface area contributed by atoms with Gasteiger partial charge >= 0.3 is 0 Å². The van der Waals surface area contributed by atoms with Crippen molar-refractivity contribution in [3.05, 3.63) is 18.7 Å². The van der Waals surface area contributed by atoms with Crippen LogP contribution in [-0.2, 0) is 0 Å². The van der Waals surface area contributed by atoms with Crippen LogP contribution in [-0.4, -0.2) is 16.5 Å². The van der Waals surface area contributed by atoms with Gasteiger partial charge in [0.25, 0.3) is 0 Å². The zero-order valence-electron chi connectivity index (χ0n) is 5.67. The molecule has 0 aliphatic carbocycles. The Balaban J connectivity index is 0.000000148. The average Bonchev–Trinajstić information content (AvgIpc) is 2.43. The molecule has 3 nitrogen and oxygen atoms in total. The van der Waals surface area contributed by atoms with Gasteiger partial charge in [-0.1, -0.05) is 6.92 Å². The van der Waals surface area contributed by atoms with Gasteiger partial charge in [0.1, 0.15) is 0 Å². The third kappa shape index (κ3) is 7.17. The summed E-state index contributed by atoms with van der Waals surface area (Å²) in [7, 11) is 0. The Kier molecular flexibility index (Phi) is 6.51. The van der Waals surface area contributed by atoms with E-state index >= 15 is 0 Å². The molecular weight excluding hydrogens is 114 g/mol. The molecule has 0 saturated heterocycles. The van der Waals surface area contributed by atoms with Crippen molar-refractivity contribution in [1.82, 2.24) is 9.97 Å². The molecule has 3 heteroatoms. The summed E-state index contributed by atoms with van der Waals surface area (Å²) in [6.07, 6.45) is 6.18. The maximum atomic E-state index is 5.03. The van der Waals surface area contributed by atoms with Gasteiger partial charge in [0.15, 0.2) is 0 Å². The van der Waals surface area contributed by atoms with Gasteiger partial charge in [0.2, 0.25) is 0 Å². The van der Waals surface area contributed by atoms with E-state index in [1.165, 1.54) is 0 Å². The summed E-state index contributed by atoms with van der Waals surface area (Å²) < 4.78 is 0. The first-order valence-corrected chi connectivity index (χ1v) is 3.04. The van der Waals surface area contributed by atoms with E-state index in [2.05, 4.69) is 16.9 Å². The van der Waals surface area contributed by atoms with Gasteiger partial charge in [-0.3, -0.25) is 0 Å². The van der Waals surface area contributed by atoms with Crippen molar-refractivity contribution in [3.63, 3.8) is 0 Å². The van der Waals surface area contributed by atoms with Crippen LogP contribution < -0.4 is 5.73 Å². The monoisotopic (exact) mass is 127 g/mol. The fourth-order valence-electron chi connectivity index (χ4n) is 0.215. The molecule has 1 rings (SSSR count). The van der Waals surface area contributed by atoms with Gasteiger partial charge in [-0.05, 0) is 13.0 Å². The van der Waals surface area contributed by atoms with Crippen molar-refractivity contribution in [2.45, 2.75) is 13.3 Å². The van der Waals surface area contributed by atoms with E-state index in [9.17, 15) is 0 Å². The first kappa shape index (κ1) is 8.17. The zero-order chi connectivity index (χ0) is 6.95. The lowest BCUT2D eigenvalue weighted by atomic mass is 10.5. The highest BCUT2D eigenvalue weighted by Crippen LogP contribution is 1.62. The summed E-state index contributed by atoms with van der Waals surface area (Å²) in [4.78, 5) is 6.42. The summed E-state index contributed by atoms with van der Waals surface area (Å²) in [5, 5.41) is 0. The number of nitrogens with one attached hydrogen (secondary N) is 1. The molecule has 0 fully saturated rings. The van der Waals surface area contributed by atoms with Crippen LogP contribution in [0.4, 0.5) is 0 Å². The summed E-state index contributed by atoms with van der Waals surface area (Å²) in [5.74, 6) is 0. The minimum Gasteiger partial charge on any atom is -0.351 e. The fourth-order valence-corrected chi connectivity index (χ4v) is 0.215. The first-order valence-electron chi connectivity index (χ1n) is 3.04. The zero-order valence-corrected chi connectivity index (χ0v) is 5.67. The van der Waals surface area contributed by atoms with E-state index in [0.717, 1.165) is 13.0 Å². The highest BCUT2D eigenvalue weighted by molar-refractivity contribution is 4.64. The molecule has 1 aromatic rings. The lowest BCUT2D eigenvalue weighted by molar-refractivity contribution is 0.932. The highest BCUT2D eigenvalue weighted by atomic mass is 14.8. The average molecular weight is 127 g/mol. The molecule has 0 saturated carbocycles. The summed E-state index contributed by atoms with van der Waals surface area (Å²) in [6.45, 7) is 2.88. The van der Waals surface area contributed by atoms with Gasteiger partial charge in [-0.25, -0.2) is 4.98 Å². The molecule has 3 N–H and O–H groups in total. The Hall–Kier alpha value is -0.830. The van der Waals surface area contributed by atoms with Gasteiger partial charge in [0.05, 0.1) is 6.33 Å². The normalized spacial score (nSPS) is 7.78.